The minimum Gasteiger partial charge on any atom is -0.497 e. The smallest absolute Gasteiger partial charge is 0.228 e. The van der Waals surface area contributed by atoms with E-state index in [9.17, 15) is 0 Å². The number of hydrogen-bond donors (Lipinski definition) is 0. The molecule has 3 nitrogen and oxygen atoms in total. The molecule has 0 bridgehead atoms. The lowest BCUT2D eigenvalue weighted by atomic mass is 10.2. The summed E-state index contributed by atoms with van der Waals surface area (Å²) < 4.78 is 10.9. The van der Waals surface area contributed by atoms with E-state index >= 15 is 0 Å². The van der Waals surface area contributed by atoms with Crippen molar-refractivity contribution in [3.63, 3.8) is 0 Å². The van der Waals surface area contributed by atoms with E-state index in [0.29, 0.717) is 16.8 Å². The highest BCUT2D eigenvalue weighted by Gasteiger charge is 2.14. The van der Waals surface area contributed by atoms with Crippen molar-refractivity contribution in [1.29, 1.82) is 0 Å². The molecule has 0 N–H and O–H groups in total. The van der Waals surface area contributed by atoms with Crippen LogP contribution in [-0.4, -0.2) is 12.1 Å². The second kappa shape index (κ2) is 5.39. The first-order valence-electron chi connectivity index (χ1n) is 6.14. The van der Waals surface area contributed by atoms with E-state index in [1.165, 1.54) is 0 Å². The molecule has 4 heteroatoms. The van der Waals surface area contributed by atoms with Crippen LogP contribution in [0.2, 0.25) is 5.15 Å². The fourth-order valence-electron chi connectivity index (χ4n) is 1.93. The first kappa shape index (κ1) is 12.8. The summed E-state index contributed by atoms with van der Waals surface area (Å²) in [5.74, 6) is 1.87. The number of methoxy groups -OCH3 is 1. The summed E-state index contributed by atoms with van der Waals surface area (Å²) in [7, 11) is 1.63. The Hall–Kier alpha value is -2.26. The third kappa shape index (κ3) is 2.40. The molecule has 0 aliphatic heterocycles. The van der Waals surface area contributed by atoms with Gasteiger partial charge in [-0.2, -0.15) is 4.98 Å². The van der Waals surface area contributed by atoms with Gasteiger partial charge >= 0.3 is 0 Å². The summed E-state index contributed by atoms with van der Waals surface area (Å²) >= 11 is 6.16. The van der Waals surface area contributed by atoms with Gasteiger partial charge in [0.2, 0.25) is 5.89 Å². The molecule has 1 heterocycles. The summed E-state index contributed by atoms with van der Waals surface area (Å²) in [4.78, 5) is 4.27. The first-order valence-corrected chi connectivity index (χ1v) is 6.52. The number of nitrogens with zero attached hydrogens (tertiary/aromatic N) is 1. The predicted octanol–water partition coefficient (Wildman–Crippen LogP) is 4.67. The van der Waals surface area contributed by atoms with Gasteiger partial charge in [-0.1, -0.05) is 41.9 Å². The Bertz CT molecular complexity index is 705. The average Bonchev–Trinajstić information content (AvgIpc) is 2.90. The maximum Gasteiger partial charge on any atom is 0.228 e. The molecule has 1 aromatic heterocycles. The normalized spacial score (nSPS) is 10.5. The van der Waals surface area contributed by atoms with E-state index in [-0.39, 0.29) is 0 Å². The molecule has 0 fully saturated rings. The fraction of sp³-hybridized carbons (Fsp3) is 0.0625. The first-order chi connectivity index (χ1) is 9.78. The molecule has 0 aliphatic rings. The van der Waals surface area contributed by atoms with Gasteiger partial charge in [0.15, 0.2) is 10.9 Å². The molecule has 2 aromatic carbocycles. The van der Waals surface area contributed by atoms with E-state index in [4.69, 9.17) is 20.8 Å². The summed E-state index contributed by atoms with van der Waals surface area (Å²) in [6.07, 6.45) is 0. The van der Waals surface area contributed by atoms with Gasteiger partial charge in [0.25, 0.3) is 0 Å². The predicted molar refractivity (Wildman–Crippen MR) is 78.9 cm³/mol. The summed E-state index contributed by atoms with van der Waals surface area (Å²) in [6, 6.07) is 17.2. The third-order valence-corrected chi connectivity index (χ3v) is 3.21. The van der Waals surface area contributed by atoms with Crippen LogP contribution in [0.5, 0.6) is 5.75 Å². The van der Waals surface area contributed by atoms with Crippen molar-refractivity contribution in [2.45, 2.75) is 0 Å². The van der Waals surface area contributed by atoms with Crippen molar-refractivity contribution in [3.05, 3.63) is 59.8 Å². The Morgan fingerprint density at radius 1 is 0.950 bits per heavy atom. The van der Waals surface area contributed by atoms with Gasteiger partial charge in [-0.15, -0.1) is 0 Å². The van der Waals surface area contributed by atoms with Crippen molar-refractivity contribution in [2.75, 3.05) is 7.11 Å². The molecule has 20 heavy (non-hydrogen) atoms. The summed E-state index contributed by atoms with van der Waals surface area (Å²) in [6.45, 7) is 0. The zero-order valence-electron chi connectivity index (χ0n) is 10.8. The lowest BCUT2D eigenvalue weighted by molar-refractivity contribution is 0.415. The average molecular weight is 286 g/mol. The van der Waals surface area contributed by atoms with Crippen LogP contribution in [-0.2, 0) is 0 Å². The maximum absolute atomic E-state index is 6.16. The lowest BCUT2D eigenvalue weighted by Gasteiger charge is -1.99. The molecule has 0 radical (unpaired) electrons. The maximum atomic E-state index is 6.16. The molecule has 0 saturated carbocycles. The number of oxazole rings is 1. The minimum atomic E-state index is 0.363. The van der Waals surface area contributed by atoms with Crippen molar-refractivity contribution in [1.82, 2.24) is 4.98 Å². The molecular weight excluding hydrogens is 274 g/mol. The summed E-state index contributed by atoms with van der Waals surface area (Å²) in [5.41, 5.74) is 1.76. The van der Waals surface area contributed by atoms with Crippen LogP contribution in [0.25, 0.3) is 22.8 Å². The highest BCUT2D eigenvalue weighted by Crippen LogP contribution is 2.32. The van der Waals surface area contributed by atoms with E-state index < -0.39 is 0 Å². The molecule has 100 valence electrons. The largest absolute Gasteiger partial charge is 0.497 e. The van der Waals surface area contributed by atoms with Crippen LogP contribution in [0, 0.1) is 0 Å². The second-order valence-electron chi connectivity index (χ2n) is 4.23. The van der Waals surface area contributed by atoms with Crippen LogP contribution < -0.4 is 4.74 Å². The van der Waals surface area contributed by atoms with Gasteiger partial charge in [-0.05, 0) is 24.3 Å². The lowest BCUT2D eigenvalue weighted by Crippen LogP contribution is -1.82. The molecular formula is C16H12ClNO2. The monoisotopic (exact) mass is 285 g/mol. The van der Waals surface area contributed by atoms with Gasteiger partial charge in [0.05, 0.1) is 7.11 Å². The Balaban J connectivity index is 2.00. The third-order valence-electron chi connectivity index (χ3n) is 2.96. The summed E-state index contributed by atoms with van der Waals surface area (Å²) in [5, 5.41) is 0.363. The van der Waals surface area contributed by atoms with Crippen LogP contribution in [0.3, 0.4) is 0 Å². The van der Waals surface area contributed by atoms with E-state index in [2.05, 4.69) is 4.98 Å². The Morgan fingerprint density at radius 3 is 2.30 bits per heavy atom. The number of halogens is 1. The van der Waals surface area contributed by atoms with Crippen LogP contribution >= 0.6 is 11.6 Å². The zero-order valence-corrected chi connectivity index (χ0v) is 11.6. The number of aromatic nitrogens is 1. The molecule has 3 rings (SSSR count). The van der Waals surface area contributed by atoms with Crippen molar-refractivity contribution >= 4 is 11.6 Å². The zero-order chi connectivity index (χ0) is 13.9. The molecule has 0 atom stereocenters. The molecule has 0 aliphatic carbocycles. The van der Waals surface area contributed by atoms with Crippen molar-refractivity contribution in [2.24, 2.45) is 0 Å². The number of benzene rings is 2. The minimum absolute atomic E-state index is 0.363. The Labute approximate surface area is 121 Å². The molecule has 0 unspecified atom stereocenters. The topological polar surface area (TPSA) is 35.3 Å². The molecule has 3 aromatic rings. The Kier molecular flexibility index (Phi) is 3.44. The molecule has 0 saturated heterocycles. The van der Waals surface area contributed by atoms with Crippen LogP contribution in [0.15, 0.2) is 59.0 Å². The molecule has 0 amide bonds. The standard InChI is InChI=1S/C16H12ClNO2/c1-19-13-9-7-12(8-10-13)16-18-15(17)14(20-16)11-5-3-2-4-6-11/h2-10H,1H3. The van der Waals surface area contributed by atoms with Gasteiger partial charge in [0, 0.05) is 11.1 Å². The van der Waals surface area contributed by atoms with E-state index in [1.807, 2.05) is 54.6 Å². The van der Waals surface area contributed by atoms with Crippen LogP contribution in [0.1, 0.15) is 0 Å². The highest BCUT2D eigenvalue weighted by atomic mass is 35.5. The SMILES string of the molecule is COc1ccc(-c2nc(Cl)c(-c3ccccc3)o2)cc1. The fourth-order valence-corrected chi connectivity index (χ4v) is 2.15. The number of ether oxygens (including phenoxy) is 1. The van der Waals surface area contributed by atoms with Crippen molar-refractivity contribution in [3.8, 4) is 28.5 Å². The van der Waals surface area contributed by atoms with Gasteiger partial charge in [-0.3, -0.25) is 0 Å². The van der Waals surface area contributed by atoms with E-state index in [1.54, 1.807) is 7.11 Å². The molecule has 0 spiro atoms. The Morgan fingerprint density at radius 2 is 1.65 bits per heavy atom. The van der Waals surface area contributed by atoms with Gasteiger partial charge in [0.1, 0.15) is 5.75 Å². The quantitative estimate of drug-likeness (QED) is 0.701. The van der Waals surface area contributed by atoms with Crippen molar-refractivity contribution < 1.29 is 9.15 Å². The number of hydrogen-bond acceptors (Lipinski definition) is 3. The second-order valence-corrected chi connectivity index (χ2v) is 4.59. The van der Waals surface area contributed by atoms with Gasteiger partial charge < -0.3 is 9.15 Å². The van der Waals surface area contributed by atoms with Gasteiger partial charge in [-0.25, -0.2) is 0 Å². The number of rotatable bonds is 3. The van der Waals surface area contributed by atoms with Crippen LogP contribution in [0.4, 0.5) is 0 Å². The highest BCUT2D eigenvalue weighted by molar-refractivity contribution is 6.31. The van der Waals surface area contributed by atoms with E-state index in [0.717, 1.165) is 16.9 Å².